The Balaban J connectivity index is 2.68. The minimum Gasteiger partial charge on any atom is -0.393 e. The molecule has 1 aromatic rings. The number of hydrogen-bond donors (Lipinski definition) is 2. The van der Waals surface area contributed by atoms with Crippen molar-refractivity contribution in [3.63, 3.8) is 0 Å². The molecule has 0 saturated carbocycles. The molecule has 1 atom stereocenters. The Morgan fingerprint density at radius 2 is 2.44 bits per heavy atom. The van der Waals surface area contributed by atoms with E-state index < -0.39 is 0 Å². The van der Waals surface area contributed by atoms with Gasteiger partial charge in [0, 0.05) is 19.0 Å². The summed E-state index contributed by atoms with van der Waals surface area (Å²) in [4.78, 5) is 14.0. The third-order valence-electron chi connectivity index (χ3n) is 2.28. The van der Waals surface area contributed by atoms with E-state index >= 15 is 0 Å². The maximum atomic E-state index is 11.9. The Hall–Kier alpha value is -1.50. The SMILES string of the molecule is CCN(CC(C)C(N)=S)C(=O)c1cn[nH]n1. The quantitative estimate of drug-likeness (QED) is 0.718. The highest BCUT2D eigenvalue weighted by molar-refractivity contribution is 7.80. The van der Waals surface area contributed by atoms with Crippen molar-refractivity contribution in [2.24, 2.45) is 11.7 Å². The summed E-state index contributed by atoms with van der Waals surface area (Å²) in [5.41, 5.74) is 5.82. The first-order chi connectivity index (χ1) is 7.56. The van der Waals surface area contributed by atoms with Crippen LogP contribution in [0, 0.1) is 5.92 Å². The van der Waals surface area contributed by atoms with Gasteiger partial charge in [-0.25, -0.2) is 0 Å². The number of H-pyrrole nitrogens is 1. The number of nitrogens with zero attached hydrogens (tertiary/aromatic N) is 3. The summed E-state index contributed by atoms with van der Waals surface area (Å²) in [5, 5.41) is 9.75. The molecule has 0 aromatic carbocycles. The Labute approximate surface area is 99.2 Å². The lowest BCUT2D eigenvalue weighted by Crippen LogP contribution is -2.38. The molecule has 7 heteroatoms. The van der Waals surface area contributed by atoms with E-state index in [0.29, 0.717) is 23.8 Å². The fraction of sp³-hybridized carbons (Fsp3) is 0.556. The molecule has 6 nitrogen and oxygen atoms in total. The standard InChI is InChI=1S/C9H15N5OS/c1-3-14(5-6(2)8(10)16)9(15)7-4-11-13-12-7/h4,6H,3,5H2,1-2H3,(H2,10,16)(H,11,12,13). The van der Waals surface area contributed by atoms with Crippen LogP contribution in [0.4, 0.5) is 0 Å². The van der Waals surface area contributed by atoms with Crippen LogP contribution in [0.5, 0.6) is 0 Å². The molecule has 1 rings (SSSR count). The highest BCUT2D eigenvalue weighted by Crippen LogP contribution is 2.05. The Kier molecular flexibility index (Phi) is 4.36. The van der Waals surface area contributed by atoms with E-state index in [1.165, 1.54) is 6.20 Å². The Morgan fingerprint density at radius 1 is 1.75 bits per heavy atom. The van der Waals surface area contributed by atoms with Crippen molar-refractivity contribution in [2.75, 3.05) is 13.1 Å². The summed E-state index contributed by atoms with van der Waals surface area (Å²) in [6.45, 7) is 4.86. The largest absolute Gasteiger partial charge is 0.393 e. The molecular weight excluding hydrogens is 226 g/mol. The number of carbonyl (C=O) groups excluding carboxylic acids is 1. The molecule has 1 unspecified atom stereocenters. The lowest BCUT2D eigenvalue weighted by molar-refractivity contribution is 0.0749. The van der Waals surface area contributed by atoms with Gasteiger partial charge in [-0.2, -0.15) is 15.4 Å². The average Bonchev–Trinajstić information content (AvgIpc) is 2.77. The van der Waals surface area contributed by atoms with Gasteiger partial charge in [-0.05, 0) is 6.92 Å². The summed E-state index contributed by atoms with van der Waals surface area (Å²) in [7, 11) is 0. The van der Waals surface area contributed by atoms with E-state index in [0.717, 1.165) is 0 Å². The smallest absolute Gasteiger partial charge is 0.276 e. The highest BCUT2D eigenvalue weighted by Gasteiger charge is 2.19. The predicted molar refractivity (Wildman–Crippen MR) is 63.9 cm³/mol. The highest BCUT2D eigenvalue weighted by atomic mass is 32.1. The van der Waals surface area contributed by atoms with Gasteiger partial charge >= 0.3 is 0 Å². The summed E-state index contributed by atoms with van der Waals surface area (Å²) in [6, 6.07) is 0. The fourth-order valence-electron chi connectivity index (χ4n) is 1.24. The van der Waals surface area contributed by atoms with Crippen LogP contribution in [0.2, 0.25) is 0 Å². The van der Waals surface area contributed by atoms with Crippen LogP contribution in [0.1, 0.15) is 24.3 Å². The number of thiocarbonyl (C=S) groups is 1. The molecule has 3 N–H and O–H groups in total. The normalized spacial score (nSPS) is 12.1. The average molecular weight is 241 g/mol. The van der Waals surface area contributed by atoms with Gasteiger partial charge in [0.25, 0.3) is 5.91 Å². The van der Waals surface area contributed by atoms with E-state index in [1.54, 1.807) is 4.90 Å². The number of nitrogens with one attached hydrogen (secondary N) is 1. The third-order valence-corrected chi connectivity index (χ3v) is 2.69. The van der Waals surface area contributed by atoms with Crippen molar-refractivity contribution in [3.8, 4) is 0 Å². The van der Waals surface area contributed by atoms with E-state index in [4.69, 9.17) is 18.0 Å². The number of nitrogens with two attached hydrogens (primary N) is 1. The first-order valence-corrected chi connectivity index (χ1v) is 5.41. The molecule has 0 bridgehead atoms. The van der Waals surface area contributed by atoms with Gasteiger partial charge in [-0.1, -0.05) is 19.1 Å². The molecule has 88 valence electrons. The predicted octanol–water partition coefficient (Wildman–Crippen LogP) is 0.189. The first-order valence-electron chi connectivity index (χ1n) is 5.00. The molecule has 0 aliphatic carbocycles. The van der Waals surface area contributed by atoms with Gasteiger partial charge in [-0.15, -0.1) is 0 Å². The van der Waals surface area contributed by atoms with Crippen LogP contribution in [0.3, 0.4) is 0 Å². The van der Waals surface area contributed by atoms with Crippen molar-refractivity contribution in [1.82, 2.24) is 20.3 Å². The summed E-state index contributed by atoms with van der Waals surface area (Å²) < 4.78 is 0. The Morgan fingerprint density at radius 3 is 2.88 bits per heavy atom. The maximum absolute atomic E-state index is 11.9. The molecule has 0 aliphatic rings. The topological polar surface area (TPSA) is 87.9 Å². The zero-order valence-corrected chi connectivity index (χ0v) is 10.1. The zero-order valence-electron chi connectivity index (χ0n) is 9.30. The van der Waals surface area contributed by atoms with Crippen molar-refractivity contribution in [3.05, 3.63) is 11.9 Å². The van der Waals surface area contributed by atoms with Gasteiger partial charge in [0.15, 0.2) is 5.69 Å². The van der Waals surface area contributed by atoms with Crippen LogP contribution in [0.15, 0.2) is 6.20 Å². The molecular formula is C9H15N5OS. The third kappa shape index (κ3) is 2.99. The van der Waals surface area contributed by atoms with Crippen LogP contribution in [0.25, 0.3) is 0 Å². The number of carbonyl (C=O) groups is 1. The maximum Gasteiger partial charge on any atom is 0.276 e. The van der Waals surface area contributed by atoms with E-state index in [1.807, 2.05) is 13.8 Å². The van der Waals surface area contributed by atoms with Gasteiger partial charge in [-0.3, -0.25) is 4.79 Å². The molecule has 0 radical (unpaired) electrons. The van der Waals surface area contributed by atoms with Crippen molar-refractivity contribution >= 4 is 23.1 Å². The number of aromatic nitrogens is 3. The van der Waals surface area contributed by atoms with E-state index in [-0.39, 0.29) is 11.8 Å². The van der Waals surface area contributed by atoms with Gasteiger partial charge in [0.1, 0.15) is 0 Å². The summed E-state index contributed by atoms with van der Waals surface area (Å²) >= 11 is 4.88. The van der Waals surface area contributed by atoms with Crippen LogP contribution in [-0.2, 0) is 0 Å². The second-order valence-corrected chi connectivity index (χ2v) is 3.97. The summed E-state index contributed by atoms with van der Waals surface area (Å²) in [5.74, 6) is -0.176. The van der Waals surface area contributed by atoms with Gasteiger partial charge < -0.3 is 10.6 Å². The number of hydrogen-bond acceptors (Lipinski definition) is 4. The van der Waals surface area contributed by atoms with Gasteiger partial charge in [0.05, 0.1) is 11.2 Å². The monoisotopic (exact) mass is 241 g/mol. The molecule has 1 amide bonds. The minimum absolute atomic E-state index is 0.00852. The molecule has 16 heavy (non-hydrogen) atoms. The van der Waals surface area contributed by atoms with E-state index in [2.05, 4.69) is 15.4 Å². The molecule has 0 spiro atoms. The van der Waals surface area contributed by atoms with Crippen molar-refractivity contribution in [1.29, 1.82) is 0 Å². The molecule has 0 fully saturated rings. The fourth-order valence-corrected chi connectivity index (χ4v) is 1.32. The lowest BCUT2D eigenvalue weighted by Gasteiger charge is -2.22. The minimum atomic E-state index is -0.167. The van der Waals surface area contributed by atoms with Crippen LogP contribution < -0.4 is 5.73 Å². The number of amides is 1. The second kappa shape index (κ2) is 5.55. The molecule has 1 heterocycles. The first kappa shape index (κ1) is 12.6. The molecule has 0 aliphatic heterocycles. The van der Waals surface area contributed by atoms with Crippen molar-refractivity contribution < 1.29 is 4.79 Å². The van der Waals surface area contributed by atoms with Crippen LogP contribution >= 0.6 is 12.2 Å². The summed E-state index contributed by atoms with van der Waals surface area (Å²) in [6.07, 6.45) is 1.40. The lowest BCUT2D eigenvalue weighted by atomic mass is 10.1. The zero-order chi connectivity index (χ0) is 12.1. The van der Waals surface area contributed by atoms with Crippen LogP contribution in [-0.4, -0.2) is 44.3 Å². The Bertz CT molecular complexity index is 364. The van der Waals surface area contributed by atoms with Crippen molar-refractivity contribution in [2.45, 2.75) is 13.8 Å². The van der Waals surface area contributed by atoms with Gasteiger partial charge in [0.2, 0.25) is 0 Å². The molecule has 1 aromatic heterocycles. The number of aromatic amines is 1. The second-order valence-electron chi connectivity index (χ2n) is 3.50. The van der Waals surface area contributed by atoms with E-state index in [9.17, 15) is 4.79 Å². The molecule has 0 saturated heterocycles. The number of rotatable bonds is 5.